The maximum atomic E-state index is 9.12. The highest BCUT2D eigenvalue weighted by Crippen LogP contribution is 2.17. The van der Waals surface area contributed by atoms with Gasteiger partial charge in [-0.1, -0.05) is 48.5 Å². The van der Waals surface area contributed by atoms with Crippen LogP contribution in [-0.2, 0) is 4.74 Å². The summed E-state index contributed by atoms with van der Waals surface area (Å²) >= 11 is 0. The molecular weight excluding hydrogens is 250 g/mol. The van der Waals surface area contributed by atoms with Crippen LogP contribution in [0.2, 0.25) is 0 Å². The van der Waals surface area contributed by atoms with E-state index in [-0.39, 0.29) is 0 Å². The summed E-state index contributed by atoms with van der Waals surface area (Å²) in [5, 5.41) is 9.12. The zero-order valence-corrected chi connectivity index (χ0v) is 11.5. The number of nitriles is 1. The minimum Gasteiger partial charge on any atom is -0.491 e. The number of benzene rings is 2. The quantitative estimate of drug-likeness (QED) is 0.750. The predicted molar refractivity (Wildman–Crippen MR) is 77.4 cm³/mol. The fourth-order valence-electron chi connectivity index (χ4n) is 1.87. The van der Waals surface area contributed by atoms with E-state index in [4.69, 9.17) is 14.7 Å². The first-order valence-corrected chi connectivity index (χ1v) is 6.56. The van der Waals surface area contributed by atoms with Gasteiger partial charge in [-0.3, -0.25) is 0 Å². The molecule has 0 N–H and O–H groups in total. The molecule has 0 bridgehead atoms. The second kappa shape index (κ2) is 7.32. The van der Waals surface area contributed by atoms with Gasteiger partial charge in [-0.2, -0.15) is 5.26 Å². The number of aryl methyl sites for hydroxylation is 1. The van der Waals surface area contributed by atoms with Crippen LogP contribution in [0, 0.1) is 18.3 Å². The van der Waals surface area contributed by atoms with Crippen molar-refractivity contribution in [3.8, 4) is 11.8 Å². The van der Waals surface area contributed by atoms with Crippen LogP contribution in [0.15, 0.2) is 54.6 Å². The summed E-state index contributed by atoms with van der Waals surface area (Å²) in [6.07, 6.45) is -0.545. The Balaban J connectivity index is 1.81. The smallest absolute Gasteiger partial charge is 0.169 e. The Morgan fingerprint density at radius 3 is 2.40 bits per heavy atom. The third-order valence-corrected chi connectivity index (χ3v) is 2.94. The maximum absolute atomic E-state index is 9.12. The minimum absolute atomic E-state index is 0.376. The molecule has 3 heteroatoms. The normalized spacial score (nSPS) is 11.6. The van der Waals surface area contributed by atoms with Crippen LogP contribution in [0.3, 0.4) is 0 Å². The molecule has 0 aliphatic rings. The van der Waals surface area contributed by atoms with Gasteiger partial charge < -0.3 is 9.47 Å². The van der Waals surface area contributed by atoms with Crippen molar-refractivity contribution in [1.82, 2.24) is 0 Å². The molecule has 20 heavy (non-hydrogen) atoms. The second-order valence-electron chi connectivity index (χ2n) is 4.40. The lowest BCUT2D eigenvalue weighted by Crippen LogP contribution is -2.10. The lowest BCUT2D eigenvalue weighted by atomic mass is 10.1. The van der Waals surface area contributed by atoms with Crippen LogP contribution in [0.4, 0.5) is 0 Å². The third kappa shape index (κ3) is 3.84. The summed E-state index contributed by atoms with van der Waals surface area (Å²) in [7, 11) is 0. The summed E-state index contributed by atoms with van der Waals surface area (Å²) in [6, 6.07) is 19.5. The molecule has 0 fully saturated rings. The standard InChI is InChI=1S/C17H17NO2/c1-14-7-5-6-10-16(14)19-11-12-20-17(13-18)15-8-3-2-4-9-15/h2-10,17H,11-12H2,1H3. The topological polar surface area (TPSA) is 42.2 Å². The molecule has 0 radical (unpaired) electrons. The Kier molecular flexibility index (Phi) is 5.16. The van der Waals surface area contributed by atoms with Gasteiger partial charge in [-0.15, -0.1) is 0 Å². The van der Waals surface area contributed by atoms with Crippen molar-refractivity contribution < 1.29 is 9.47 Å². The van der Waals surface area contributed by atoms with Crippen molar-refractivity contribution in [2.45, 2.75) is 13.0 Å². The maximum Gasteiger partial charge on any atom is 0.169 e. The number of ether oxygens (including phenoxy) is 2. The summed E-state index contributed by atoms with van der Waals surface area (Å²) in [4.78, 5) is 0. The number of nitrogens with zero attached hydrogens (tertiary/aromatic N) is 1. The highest BCUT2D eigenvalue weighted by Gasteiger charge is 2.09. The van der Waals surface area contributed by atoms with E-state index in [2.05, 4.69) is 6.07 Å². The Labute approximate surface area is 119 Å². The van der Waals surface area contributed by atoms with Crippen LogP contribution in [0.5, 0.6) is 5.75 Å². The molecule has 0 saturated heterocycles. The first-order chi connectivity index (χ1) is 9.81. The lowest BCUT2D eigenvalue weighted by molar-refractivity contribution is 0.0642. The van der Waals surface area contributed by atoms with Crippen molar-refractivity contribution in [2.24, 2.45) is 0 Å². The van der Waals surface area contributed by atoms with Gasteiger partial charge in [0.25, 0.3) is 0 Å². The highest BCUT2D eigenvalue weighted by atomic mass is 16.5. The van der Waals surface area contributed by atoms with E-state index in [0.29, 0.717) is 13.2 Å². The van der Waals surface area contributed by atoms with Gasteiger partial charge in [-0.25, -0.2) is 0 Å². The van der Waals surface area contributed by atoms with Crippen LogP contribution in [0.1, 0.15) is 17.2 Å². The fourth-order valence-corrected chi connectivity index (χ4v) is 1.87. The van der Waals surface area contributed by atoms with Gasteiger partial charge in [0, 0.05) is 0 Å². The molecule has 0 aromatic heterocycles. The summed E-state index contributed by atoms with van der Waals surface area (Å²) in [5.74, 6) is 0.851. The molecule has 1 atom stereocenters. The molecule has 0 saturated carbocycles. The van der Waals surface area contributed by atoms with Crippen LogP contribution in [-0.4, -0.2) is 13.2 Å². The molecule has 0 amide bonds. The number of hydrogen-bond donors (Lipinski definition) is 0. The van der Waals surface area contributed by atoms with Gasteiger partial charge in [0.2, 0.25) is 0 Å². The van der Waals surface area contributed by atoms with Crippen LogP contribution < -0.4 is 4.74 Å². The molecule has 1 unspecified atom stereocenters. The number of hydrogen-bond acceptors (Lipinski definition) is 3. The van der Waals surface area contributed by atoms with E-state index in [1.54, 1.807) is 0 Å². The van der Waals surface area contributed by atoms with Crippen LogP contribution in [0.25, 0.3) is 0 Å². The average Bonchev–Trinajstić information content (AvgIpc) is 2.50. The lowest BCUT2D eigenvalue weighted by Gasteiger charge is -2.12. The molecule has 102 valence electrons. The zero-order valence-electron chi connectivity index (χ0n) is 11.5. The average molecular weight is 267 g/mol. The van der Waals surface area contributed by atoms with Gasteiger partial charge in [-0.05, 0) is 24.1 Å². The van der Waals surface area contributed by atoms with E-state index in [1.165, 1.54) is 0 Å². The SMILES string of the molecule is Cc1ccccc1OCCOC(C#N)c1ccccc1. The first kappa shape index (κ1) is 14.1. The molecule has 2 rings (SSSR count). The Hall–Kier alpha value is -2.31. The van der Waals surface area contributed by atoms with Gasteiger partial charge in [0.15, 0.2) is 6.10 Å². The summed E-state index contributed by atoms with van der Waals surface area (Å²) in [5.41, 5.74) is 1.96. The molecule has 0 aliphatic heterocycles. The Bertz CT molecular complexity index is 575. The zero-order chi connectivity index (χ0) is 14.2. The highest BCUT2D eigenvalue weighted by molar-refractivity contribution is 5.31. The summed E-state index contributed by atoms with van der Waals surface area (Å²) < 4.78 is 11.2. The van der Waals surface area contributed by atoms with Gasteiger partial charge >= 0.3 is 0 Å². The second-order valence-corrected chi connectivity index (χ2v) is 4.40. The molecule has 2 aromatic carbocycles. The third-order valence-electron chi connectivity index (χ3n) is 2.94. The van der Waals surface area contributed by atoms with Gasteiger partial charge in [0.05, 0.1) is 12.7 Å². The largest absolute Gasteiger partial charge is 0.491 e. The first-order valence-electron chi connectivity index (χ1n) is 6.56. The Morgan fingerprint density at radius 2 is 1.70 bits per heavy atom. The van der Waals surface area contributed by atoms with E-state index < -0.39 is 6.10 Å². The number of para-hydroxylation sites is 1. The fraction of sp³-hybridized carbons (Fsp3) is 0.235. The molecule has 2 aromatic rings. The van der Waals surface area contributed by atoms with E-state index in [0.717, 1.165) is 16.9 Å². The minimum atomic E-state index is -0.545. The molecule has 3 nitrogen and oxygen atoms in total. The molecule has 0 spiro atoms. The van der Waals surface area contributed by atoms with Crippen molar-refractivity contribution in [3.05, 3.63) is 65.7 Å². The van der Waals surface area contributed by atoms with Crippen molar-refractivity contribution in [2.75, 3.05) is 13.2 Å². The van der Waals surface area contributed by atoms with Gasteiger partial charge in [0.1, 0.15) is 12.4 Å². The summed E-state index contributed by atoms with van der Waals surface area (Å²) in [6.45, 7) is 2.80. The van der Waals surface area contributed by atoms with E-state index in [1.807, 2.05) is 61.5 Å². The molecular formula is C17H17NO2. The van der Waals surface area contributed by atoms with Crippen molar-refractivity contribution in [3.63, 3.8) is 0 Å². The monoisotopic (exact) mass is 267 g/mol. The van der Waals surface area contributed by atoms with Crippen molar-refractivity contribution in [1.29, 1.82) is 5.26 Å². The number of rotatable bonds is 6. The predicted octanol–water partition coefficient (Wildman–Crippen LogP) is 3.66. The molecule has 0 heterocycles. The van der Waals surface area contributed by atoms with E-state index in [9.17, 15) is 0 Å². The van der Waals surface area contributed by atoms with E-state index >= 15 is 0 Å². The molecule has 0 aliphatic carbocycles. The Morgan fingerprint density at radius 1 is 1.00 bits per heavy atom. The van der Waals surface area contributed by atoms with Crippen LogP contribution >= 0.6 is 0 Å². The van der Waals surface area contributed by atoms with Crippen molar-refractivity contribution >= 4 is 0 Å².